The summed E-state index contributed by atoms with van der Waals surface area (Å²) in [5, 5.41) is 3.20. The van der Waals surface area contributed by atoms with Crippen molar-refractivity contribution in [3.8, 4) is 5.75 Å². The lowest BCUT2D eigenvalue weighted by atomic mass is 10.1. The van der Waals surface area contributed by atoms with E-state index < -0.39 is 0 Å². The van der Waals surface area contributed by atoms with Crippen LogP contribution in [0.5, 0.6) is 5.75 Å². The lowest BCUT2D eigenvalue weighted by Gasteiger charge is -2.18. The van der Waals surface area contributed by atoms with Gasteiger partial charge in [-0.05, 0) is 37.6 Å². The number of rotatable bonds is 4. The van der Waals surface area contributed by atoms with Crippen molar-refractivity contribution in [2.24, 2.45) is 0 Å². The molecule has 1 aliphatic heterocycles. The third-order valence-electron chi connectivity index (χ3n) is 4.74. The molecule has 1 aliphatic rings. The third kappa shape index (κ3) is 3.45. The fourth-order valence-corrected chi connectivity index (χ4v) is 3.36. The van der Waals surface area contributed by atoms with Crippen molar-refractivity contribution in [2.75, 3.05) is 25.5 Å². The normalized spacial score (nSPS) is 16.7. The monoisotopic (exact) mass is 369 g/mol. The van der Waals surface area contributed by atoms with Gasteiger partial charge >= 0.3 is 0 Å². The second-order valence-corrected chi connectivity index (χ2v) is 6.72. The van der Waals surface area contributed by atoms with E-state index in [1.165, 1.54) is 12.1 Å². The lowest BCUT2D eigenvalue weighted by molar-refractivity contribution is 0.0788. The molecule has 0 bridgehead atoms. The summed E-state index contributed by atoms with van der Waals surface area (Å²) in [4.78, 5) is 19.0. The highest BCUT2D eigenvalue weighted by Crippen LogP contribution is 2.25. The predicted molar refractivity (Wildman–Crippen MR) is 99.6 cm³/mol. The minimum Gasteiger partial charge on any atom is -0.496 e. The second kappa shape index (κ2) is 6.90. The number of ether oxygens (including phenoxy) is 1. The summed E-state index contributed by atoms with van der Waals surface area (Å²) in [5.74, 6) is 0.150. The van der Waals surface area contributed by atoms with Crippen LogP contribution in [0.1, 0.15) is 22.3 Å². The molecule has 2 heterocycles. The van der Waals surface area contributed by atoms with Gasteiger partial charge in [0.25, 0.3) is 11.9 Å². The maximum Gasteiger partial charge on any atom is 0.295 e. The molecule has 0 unspecified atom stereocenters. The van der Waals surface area contributed by atoms with Crippen LogP contribution in [0.2, 0.25) is 0 Å². The molecule has 0 aliphatic carbocycles. The predicted octanol–water partition coefficient (Wildman–Crippen LogP) is 3.61. The SMILES string of the molecule is COc1ccc(C)cc1C(=O)N1CC[C@@H](Nc2nc3ccc(F)cc3o2)C1. The number of carbonyl (C=O) groups excluding carboxylic acids is 1. The Hall–Kier alpha value is -3.09. The first-order valence-corrected chi connectivity index (χ1v) is 8.80. The molecule has 3 aromatic rings. The van der Waals surface area contributed by atoms with Crippen LogP contribution in [-0.2, 0) is 0 Å². The molecule has 0 spiro atoms. The Morgan fingerprint density at radius 3 is 3.00 bits per heavy atom. The van der Waals surface area contributed by atoms with Crippen molar-refractivity contribution in [3.63, 3.8) is 0 Å². The number of benzene rings is 2. The molecule has 1 N–H and O–H groups in total. The molecule has 4 rings (SSSR count). The van der Waals surface area contributed by atoms with Crippen molar-refractivity contribution in [1.29, 1.82) is 0 Å². The van der Waals surface area contributed by atoms with Crippen LogP contribution >= 0.6 is 0 Å². The average Bonchev–Trinajstić information content (AvgIpc) is 3.27. The first-order valence-electron chi connectivity index (χ1n) is 8.80. The molecule has 1 fully saturated rings. The Labute approximate surface area is 155 Å². The molecule has 2 aromatic carbocycles. The topological polar surface area (TPSA) is 67.6 Å². The summed E-state index contributed by atoms with van der Waals surface area (Å²) < 4.78 is 24.2. The number of nitrogens with one attached hydrogen (secondary N) is 1. The Morgan fingerprint density at radius 2 is 2.19 bits per heavy atom. The van der Waals surface area contributed by atoms with Crippen molar-refractivity contribution in [1.82, 2.24) is 9.88 Å². The first kappa shape index (κ1) is 17.3. The number of carbonyl (C=O) groups is 1. The van der Waals surface area contributed by atoms with E-state index in [9.17, 15) is 9.18 Å². The van der Waals surface area contributed by atoms with Crippen LogP contribution in [0.3, 0.4) is 0 Å². The van der Waals surface area contributed by atoms with Gasteiger partial charge in [-0.2, -0.15) is 4.98 Å². The zero-order chi connectivity index (χ0) is 19.0. The fourth-order valence-electron chi connectivity index (χ4n) is 3.36. The molecule has 1 aromatic heterocycles. The van der Waals surface area contributed by atoms with Gasteiger partial charge in [-0.15, -0.1) is 0 Å². The zero-order valence-corrected chi connectivity index (χ0v) is 15.2. The second-order valence-electron chi connectivity index (χ2n) is 6.72. The number of amides is 1. The standard InChI is InChI=1S/C20H20FN3O3/c1-12-3-6-17(26-2)15(9-12)19(25)24-8-7-14(11-24)22-20-23-16-5-4-13(21)10-18(16)27-20/h3-6,9-10,14H,7-8,11H2,1-2H3,(H,22,23)/t14-/m1/s1. The Balaban J connectivity index is 1.46. The average molecular weight is 369 g/mol. The van der Waals surface area contributed by atoms with E-state index in [0.717, 1.165) is 12.0 Å². The van der Waals surface area contributed by atoms with E-state index >= 15 is 0 Å². The number of nitrogens with zero attached hydrogens (tertiary/aromatic N) is 2. The van der Waals surface area contributed by atoms with Crippen molar-refractivity contribution < 1.29 is 18.3 Å². The zero-order valence-electron chi connectivity index (χ0n) is 15.2. The fraction of sp³-hybridized carbons (Fsp3) is 0.300. The molecule has 0 saturated carbocycles. The highest BCUT2D eigenvalue weighted by molar-refractivity contribution is 5.97. The minimum absolute atomic E-state index is 0.0164. The highest BCUT2D eigenvalue weighted by atomic mass is 19.1. The number of anilines is 1. The Bertz CT molecular complexity index is 1000. The van der Waals surface area contributed by atoms with Crippen molar-refractivity contribution >= 4 is 23.0 Å². The molecule has 0 radical (unpaired) electrons. The number of hydrogen-bond donors (Lipinski definition) is 1. The van der Waals surface area contributed by atoms with E-state index in [-0.39, 0.29) is 17.8 Å². The molecular weight excluding hydrogens is 349 g/mol. The number of aromatic nitrogens is 1. The maximum absolute atomic E-state index is 13.3. The minimum atomic E-state index is -0.366. The van der Waals surface area contributed by atoms with Crippen LogP contribution in [0.25, 0.3) is 11.1 Å². The molecule has 1 amide bonds. The summed E-state index contributed by atoms with van der Waals surface area (Å²) in [6.45, 7) is 3.10. The van der Waals surface area contributed by atoms with Crippen molar-refractivity contribution in [3.05, 3.63) is 53.3 Å². The van der Waals surface area contributed by atoms with Gasteiger partial charge < -0.3 is 19.4 Å². The number of oxazole rings is 1. The molecule has 1 atom stereocenters. The summed E-state index contributed by atoms with van der Waals surface area (Å²) in [7, 11) is 1.56. The number of halogens is 1. The van der Waals surface area contributed by atoms with Gasteiger partial charge in [-0.1, -0.05) is 11.6 Å². The van der Waals surface area contributed by atoms with E-state index in [0.29, 0.717) is 41.5 Å². The third-order valence-corrected chi connectivity index (χ3v) is 4.74. The van der Waals surface area contributed by atoms with Crippen LogP contribution < -0.4 is 10.1 Å². The van der Waals surface area contributed by atoms with Crippen LogP contribution in [-0.4, -0.2) is 42.0 Å². The number of aryl methyl sites for hydroxylation is 1. The van der Waals surface area contributed by atoms with Gasteiger partial charge in [0.1, 0.15) is 17.1 Å². The number of likely N-dealkylation sites (tertiary alicyclic amines) is 1. The molecule has 140 valence electrons. The summed E-state index contributed by atoms with van der Waals surface area (Å²) >= 11 is 0. The van der Waals surface area contributed by atoms with Gasteiger partial charge in [-0.3, -0.25) is 4.79 Å². The summed E-state index contributed by atoms with van der Waals surface area (Å²) in [5.41, 5.74) is 2.56. The van der Waals surface area contributed by atoms with Gasteiger partial charge in [0, 0.05) is 25.2 Å². The van der Waals surface area contributed by atoms with E-state index in [1.54, 1.807) is 18.1 Å². The molecule has 7 heteroatoms. The van der Waals surface area contributed by atoms with Crippen LogP contribution in [0, 0.1) is 12.7 Å². The number of fused-ring (bicyclic) bond motifs is 1. The number of hydrogen-bond acceptors (Lipinski definition) is 5. The quantitative estimate of drug-likeness (QED) is 0.761. The molecule has 27 heavy (non-hydrogen) atoms. The van der Waals surface area contributed by atoms with Crippen molar-refractivity contribution in [2.45, 2.75) is 19.4 Å². The van der Waals surface area contributed by atoms with E-state index in [4.69, 9.17) is 9.15 Å². The highest BCUT2D eigenvalue weighted by Gasteiger charge is 2.29. The number of methoxy groups -OCH3 is 1. The molecule has 1 saturated heterocycles. The largest absolute Gasteiger partial charge is 0.496 e. The maximum atomic E-state index is 13.3. The van der Waals surface area contributed by atoms with Gasteiger partial charge in [0.15, 0.2) is 5.58 Å². The van der Waals surface area contributed by atoms with E-state index in [1.807, 2.05) is 25.1 Å². The van der Waals surface area contributed by atoms with Crippen LogP contribution in [0.4, 0.5) is 10.4 Å². The summed E-state index contributed by atoms with van der Waals surface area (Å²) in [6, 6.07) is 10.2. The first-order chi connectivity index (χ1) is 13.0. The Kier molecular flexibility index (Phi) is 4.43. The lowest BCUT2D eigenvalue weighted by Crippen LogP contribution is -2.31. The molecule has 6 nitrogen and oxygen atoms in total. The van der Waals surface area contributed by atoms with Gasteiger partial charge in [0.2, 0.25) is 0 Å². The van der Waals surface area contributed by atoms with Gasteiger partial charge in [0.05, 0.1) is 12.7 Å². The Morgan fingerprint density at radius 1 is 1.33 bits per heavy atom. The smallest absolute Gasteiger partial charge is 0.295 e. The van der Waals surface area contributed by atoms with Crippen LogP contribution in [0.15, 0.2) is 40.8 Å². The van der Waals surface area contributed by atoms with Gasteiger partial charge in [-0.25, -0.2) is 4.39 Å². The summed E-state index contributed by atoms with van der Waals surface area (Å²) in [6.07, 6.45) is 0.771. The molecular formula is C20H20FN3O3. The van der Waals surface area contributed by atoms with E-state index in [2.05, 4.69) is 10.3 Å².